The van der Waals surface area contributed by atoms with Gasteiger partial charge >= 0.3 is 5.97 Å². The number of hydrogen-bond donors (Lipinski definition) is 2. The van der Waals surface area contributed by atoms with Crippen LogP contribution in [-0.4, -0.2) is 41.6 Å². The molecule has 1 aromatic carbocycles. The number of ether oxygens (including phenoxy) is 1. The van der Waals surface area contributed by atoms with E-state index in [4.69, 9.17) is 9.84 Å². The number of benzene rings is 1. The molecule has 1 heterocycles. The van der Waals surface area contributed by atoms with Gasteiger partial charge in [-0.05, 0) is 35.6 Å². The molecule has 1 amide bonds. The Kier molecular flexibility index (Phi) is 6.92. The van der Waals surface area contributed by atoms with Gasteiger partial charge < -0.3 is 15.2 Å². The maximum Gasteiger partial charge on any atom is 0.305 e. The van der Waals surface area contributed by atoms with E-state index in [-0.39, 0.29) is 25.5 Å². The zero-order chi connectivity index (χ0) is 15.8. The molecule has 1 fully saturated rings. The third-order valence-electron chi connectivity index (χ3n) is 3.01. The molecule has 1 aliphatic heterocycles. The van der Waals surface area contributed by atoms with Crippen molar-refractivity contribution in [3.63, 3.8) is 0 Å². The Morgan fingerprint density at radius 3 is 2.55 bits per heavy atom. The Labute approximate surface area is 138 Å². The van der Waals surface area contributed by atoms with E-state index in [9.17, 15) is 9.59 Å². The van der Waals surface area contributed by atoms with E-state index in [0.29, 0.717) is 10.3 Å². The maximum absolute atomic E-state index is 11.5. The van der Waals surface area contributed by atoms with Crippen LogP contribution in [0, 0.1) is 0 Å². The van der Waals surface area contributed by atoms with Crippen molar-refractivity contribution in [3.05, 3.63) is 29.8 Å². The van der Waals surface area contributed by atoms with E-state index >= 15 is 0 Å². The number of thioether (sulfide) groups is 2. The van der Waals surface area contributed by atoms with Gasteiger partial charge in [-0.15, -0.1) is 23.5 Å². The van der Waals surface area contributed by atoms with Crippen LogP contribution in [0.15, 0.2) is 24.3 Å². The Morgan fingerprint density at radius 1 is 1.23 bits per heavy atom. The second-order valence-corrected chi connectivity index (χ2v) is 7.50. The molecule has 0 aliphatic carbocycles. The average molecular weight is 341 g/mol. The number of carboxylic acid groups (broad SMARTS) is 1. The summed E-state index contributed by atoms with van der Waals surface area (Å²) in [7, 11) is 0. The molecule has 0 aromatic heterocycles. The summed E-state index contributed by atoms with van der Waals surface area (Å²) in [5.74, 6) is 1.79. The number of amides is 1. The number of hydrogen-bond acceptors (Lipinski definition) is 5. The predicted molar refractivity (Wildman–Crippen MR) is 89.5 cm³/mol. The molecule has 120 valence electrons. The summed E-state index contributed by atoms with van der Waals surface area (Å²) in [6.07, 6.45) is 1.18. The summed E-state index contributed by atoms with van der Waals surface area (Å²) in [6, 6.07) is 7.81. The van der Waals surface area contributed by atoms with E-state index in [0.717, 1.165) is 0 Å². The van der Waals surface area contributed by atoms with E-state index in [2.05, 4.69) is 5.32 Å². The van der Waals surface area contributed by atoms with Crippen molar-refractivity contribution in [2.45, 2.75) is 17.4 Å². The van der Waals surface area contributed by atoms with Gasteiger partial charge in [-0.2, -0.15) is 0 Å². The van der Waals surface area contributed by atoms with Crippen LogP contribution in [0.25, 0.3) is 0 Å². The molecule has 2 rings (SSSR count). The molecule has 7 heteroatoms. The molecule has 0 atom stereocenters. The zero-order valence-corrected chi connectivity index (χ0v) is 13.8. The highest BCUT2D eigenvalue weighted by Gasteiger charge is 2.16. The molecule has 1 aliphatic rings. The van der Waals surface area contributed by atoms with Crippen LogP contribution >= 0.6 is 23.5 Å². The summed E-state index contributed by atoms with van der Waals surface area (Å²) in [6.45, 7) is 0.0124. The molecule has 5 nitrogen and oxygen atoms in total. The largest absolute Gasteiger partial charge is 0.484 e. The monoisotopic (exact) mass is 341 g/mol. The molecule has 0 spiro atoms. The van der Waals surface area contributed by atoms with Crippen molar-refractivity contribution in [3.8, 4) is 5.75 Å². The van der Waals surface area contributed by atoms with Crippen LogP contribution in [0.3, 0.4) is 0 Å². The van der Waals surface area contributed by atoms with Gasteiger partial charge in [0.1, 0.15) is 5.75 Å². The van der Waals surface area contributed by atoms with Crippen LogP contribution in [0.5, 0.6) is 5.75 Å². The SMILES string of the molecule is O=C(O)CCNC(=O)COc1ccc(C2SCCCS2)cc1. The molecular weight excluding hydrogens is 322 g/mol. The van der Waals surface area contributed by atoms with Crippen molar-refractivity contribution in [2.75, 3.05) is 24.7 Å². The Hall–Kier alpha value is -1.34. The highest BCUT2D eigenvalue weighted by Crippen LogP contribution is 2.43. The molecule has 0 radical (unpaired) electrons. The first-order chi connectivity index (χ1) is 10.6. The lowest BCUT2D eigenvalue weighted by Crippen LogP contribution is -2.30. The molecular formula is C15H19NO4S2. The van der Waals surface area contributed by atoms with E-state index < -0.39 is 5.97 Å². The van der Waals surface area contributed by atoms with Crippen LogP contribution in [0.4, 0.5) is 0 Å². The summed E-state index contributed by atoms with van der Waals surface area (Å²) in [5, 5.41) is 11.0. The fourth-order valence-electron chi connectivity index (χ4n) is 1.91. The Morgan fingerprint density at radius 2 is 1.91 bits per heavy atom. The van der Waals surface area contributed by atoms with Gasteiger partial charge in [-0.3, -0.25) is 9.59 Å². The minimum atomic E-state index is -0.935. The van der Waals surface area contributed by atoms with Crippen molar-refractivity contribution in [1.82, 2.24) is 5.32 Å². The van der Waals surface area contributed by atoms with Gasteiger partial charge in [0, 0.05) is 6.54 Å². The normalized spacial score (nSPS) is 15.3. The highest BCUT2D eigenvalue weighted by molar-refractivity contribution is 8.16. The Bertz CT molecular complexity index is 501. The number of nitrogens with one attached hydrogen (secondary N) is 1. The summed E-state index contributed by atoms with van der Waals surface area (Å²) >= 11 is 3.92. The van der Waals surface area contributed by atoms with Crippen molar-refractivity contribution in [2.24, 2.45) is 0 Å². The van der Waals surface area contributed by atoms with Gasteiger partial charge in [0.2, 0.25) is 0 Å². The average Bonchev–Trinajstić information content (AvgIpc) is 2.54. The van der Waals surface area contributed by atoms with Gasteiger partial charge in [0.05, 0.1) is 11.0 Å². The standard InChI is InChI=1S/C15H19NO4S2/c17-13(16-7-6-14(18)19)10-20-12-4-2-11(3-5-12)15-21-8-1-9-22-15/h2-5,15H,1,6-10H2,(H,16,17)(H,18,19). The van der Waals surface area contributed by atoms with Crippen LogP contribution in [0.1, 0.15) is 23.0 Å². The molecule has 2 N–H and O–H groups in total. The van der Waals surface area contributed by atoms with Crippen LogP contribution in [0.2, 0.25) is 0 Å². The number of rotatable bonds is 7. The third-order valence-corrected chi connectivity index (χ3v) is 6.03. The molecule has 0 unspecified atom stereocenters. The number of carboxylic acids is 1. The molecule has 0 bridgehead atoms. The van der Waals surface area contributed by atoms with Gasteiger partial charge in [-0.25, -0.2) is 0 Å². The van der Waals surface area contributed by atoms with E-state index in [1.54, 1.807) is 0 Å². The van der Waals surface area contributed by atoms with Gasteiger partial charge in [-0.1, -0.05) is 12.1 Å². The first-order valence-electron chi connectivity index (χ1n) is 7.09. The minimum absolute atomic E-state index is 0.0862. The number of carbonyl (C=O) groups is 2. The second kappa shape index (κ2) is 8.95. The molecule has 1 saturated heterocycles. The first kappa shape index (κ1) is 17.0. The smallest absolute Gasteiger partial charge is 0.305 e. The quantitative estimate of drug-likeness (QED) is 0.794. The van der Waals surface area contributed by atoms with Crippen molar-refractivity contribution < 1.29 is 19.4 Å². The lowest BCUT2D eigenvalue weighted by molar-refractivity contribution is -0.137. The summed E-state index contributed by atoms with van der Waals surface area (Å²) in [4.78, 5) is 21.8. The summed E-state index contributed by atoms with van der Waals surface area (Å²) < 4.78 is 5.88. The van der Waals surface area contributed by atoms with Gasteiger partial charge in [0.15, 0.2) is 6.61 Å². The predicted octanol–water partition coefficient (Wildman–Crippen LogP) is 2.53. The lowest BCUT2D eigenvalue weighted by Gasteiger charge is -2.21. The van der Waals surface area contributed by atoms with Crippen LogP contribution < -0.4 is 10.1 Å². The Balaban J connectivity index is 1.74. The second-order valence-electron chi connectivity index (χ2n) is 4.78. The lowest BCUT2D eigenvalue weighted by atomic mass is 10.2. The fraction of sp³-hybridized carbons (Fsp3) is 0.467. The van der Waals surface area contributed by atoms with Crippen LogP contribution in [-0.2, 0) is 9.59 Å². The zero-order valence-electron chi connectivity index (χ0n) is 12.1. The summed E-state index contributed by atoms with van der Waals surface area (Å²) in [5.41, 5.74) is 1.27. The molecule has 0 saturated carbocycles. The highest BCUT2D eigenvalue weighted by atomic mass is 32.2. The van der Waals surface area contributed by atoms with Crippen molar-refractivity contribution >= 4 is 35.4 Å². The number of aliphatic carboxylic acids is 1. The topological polar surface area (TPSA) is 75.6 Å². The fourth-order valence-corrected chi connectivity index (χ4v) is 4.80. The molecule has 1 aromatic rings. The van der Waals surface area contributed by atoms with E-state index in [1.807, 2.05) is 47.8 Å². The third kappa shape index (κ3) is 5.81. The maximum atomic E-state index is 11.5. The first-order valence-corrected chi connectivity index (χ1v) is 9.19. The van der Waals surface area contributed by atoms with E-state index in [1.165, 1.54) is 23.5 Å². The van der Waals surface area contributed by atoms with Crippen molar-refractivity contribution in [1.29, 1.82) is 0 Å². The molecule has 22 heavy (non-hydrogen) atoms. The number of carbonyl (C=O) groups excluding carboxylic acids is 1. The minimum Gasteiger partial charge on any atom is -0.484 e. The van der Waals surface area contributed by atoms with Gasteiger partial charge in [0.25, 0.3) is 5.91 Å².